The predicted octanol–water partition coefficient (Wildman–Crippen LogP) is 3.81. The fourth-order valence-corrected chi connectivity index (χ4v) is 1.41. The van der Waals surface area contributed by atoms with Crippen molar-refractivity contribution in [2.45, 2.75) is 0 Å². The van der Waals surface area contributed by atoms with Crippen LogP contribution in [0.1, 0.15) is 5.56 Å². The van der Waals surface area contributed by atoms with E-state index in [9.17, 15) is 0 Å². The van der Waals surface area contributed by atoms with Crippen LogP contribution in [0.5, 0.6) is 0 Å². The van der Waals surface area contributed by atoms with Gasteiger partial charge in [0.15, 0.2) is 0 Å². The quantitative estimate of drug-likeness (QED) is 0.721. The highest BCUT2D eigenvalue weighted by molar-refractivity contribution is 9.11. The molecule has 10 heavy (non-hydrogen) atoms. The van der Waals surface area contributed by atoms with Crippen molar-refractivity contribution in [2.75, 3.05) is 0 Å². The third kappa shape index (κ3) is 2.27. The van der Waals surface area contributed by atoms with Gasteiger partial charge in [-0.1, -0.05) is 44.0 Å². The van der Waals surface area contributed by atoms with E-state index in [-0.39, 0.29) is 0 Å². The maximum atomic E-state index is 3.38. The topological polar surface area (TPSA) is 0 Å². The van der Waals surface area contributed by atoms with Crippen molar-refractivity contribution in [2.24, 2.45) is 0 Å². The minimum atomic E-state index is 1.11. The summed E-state index contributed by atoms with van der Waals surface area (Å²) in [7, 11) is 0. The molecule has 52 valence electrons. The minimum absolute atomic E-state index is 1.11. The maximum Gasteiger partial charge on any atom is 0.0181 e. The molecule has 0 heterocycles. The number of hydrogen-bond donors (Lipinski definition) is 0. The molecule has 0 fully saturated rings. The van der Waals surface area contributed by atoms with Gasteiger partial charge in [-0.05, 0) is 28.8 Å². The molecule has 0 nitrogen and oxygen atoms in total. The normalized spacial score (nSPS) is 10.6. The summed E-state index contributed by atoms with van der Waals surface area (Å²) in [5, 5.41) is 0. The Balaban J connectivity index is 2.95. The Hall–Kier alpha value is -0.0800. The highest BCUT2D eigenvalue weighted by Gasteiger charge is 1.86. The molecule has 0 amide bonds. The Morgan fingerprint density at radius 2 is 2.10 bits per heavy atom. The fraction of sp³-hybridized carbons (Fsp3) is 0. The number of hydrogen-bond acceptors (Lipinski definition) is 0. The van der Waals surface area contributed by atoms with E-state index in [2.05, 4.69) is 37.9 Å². The van der Waals surface area contributed by atoms with Crippen LogP contribution in [0.4, 0.5) is 0 Å². The average molecular weight is 262 g/mol. The highest BCUT2D eigenvalue weighted by Crippen LogP contribution is 2.12. The van der Waals surface area contributed by atoms with Crippen LogP contribution in [0.2, 0.25) is 0 Å². The molecule has 0 unspecified atom stereocenters. The number of rotatable bonds is 1. The zero-order chi connectivity index (χ0) is 7.40. The predicted molar refractivity (Wildman–Crippen MR) is 52.1 cm³/mol. The monoisotopic (exact) mass is 260 g/mol. The molecular formula is C8H6Br2. The standard InChI is InChI=1S/C8H6Br2/c9-5-4-7-2-1-3-8(10)6-7/h1-6H. The van der Waals surface area contributed by atoms with E-state index in [0.29, 0.717) is 0 Å². The fourth-order valence-electron chi connectivity index (χ4n) is 0.683. The van der Waals surface area contributed by atoms with Crippen LogP contribution >= 0.6 is 31.9 Å². The van der Waals surface area contributed by atoms with Crippen molar-refractivity contribution in [1.29, 1.82) is 0 Å². The van der Waals surface area contributed by atoms with Crippen molar-refractivity contribution in [1.82, 2.24) is 0 Å². The molecule has 2 heteroatoms. The molecule has 0 radical (unpaired) electrons. The van der Waals surface area contributed by atoms with E-state index in [1.54, 1.807) is 0 Å². The Labute approximate surface area is 77.2 Å². The second-order valence-corrected chi connectivity index (χ2v) is 3.29. The van der Waals surface area contributed by atoms with Gasteiger partial charge in [0, 0.05) is 4.47 Å². The first kappa shape index (κ1) is 8.02. The first-order valence-electron chi connectivity index (χ1n) is 2.85. The van der Waals surface area contributed by atoms with Gasteiger partial charge in [0.1, 0.15) is 0 Å². The van der Waals surface area contributed by atoms with E-state index in [4.69, 9.17) is 0 Å². The van der Waals surface area contributed by atoms with Gasteiger partial charge in [0.25, 0.3) is 0 Å². The Morgan fingerprint density at radius 1 is 1.30 bits per heavy atom. The Bertz CT molecular complexity index is 241. The van der Waals surface area contributed by atoms with E-state index >= 15 is 0 Å². The molecule has 0 saturated heterocycles. The zero-order valence-electron chi connectivity index (χ0n) is 5.22. The molecule has 1 aromatic rings. The molecule has 0 N–H and O–H groups in total. The molecule has 0 aromatic heterocycles. The molecule has 0 spiro atoms. The Morgan fingerprint density at radius 3 is 2.70 bits per heavy atom. The molecule has 0 aliphatic carbocycles. The van der Waals surface area contributed by atoms with Gasteiger partial charge < -0.3 is 0 Å². The van der Waals surface area contributed by atoms with E-state index in [1.165, 1.54) is 5.56 Å². The van der Waals surface area contributed by atoms with Crippen molar-refractivity contribution in [3.63, 3.8) is 0 Å². The number of benzene rings is 1. The summed E-state index contributed by atoms with van der Waals surface area (Å²) >= 11 is 6.60. The van der Waals surface area contributed by atoms with Crippen LogP contribution in [0, 0.1) is 0 Å². The molecule has 0 aliphatic heterocycles. The Kier molecular flexibility index (Phi) is 3.16. The molecule has 0 saturated carbocycles. The third-order valence-corrected chi connectivity index (χ3v) is 1.86. The lowest BCUT2D eigenvalue weighted by atomic mass is 10.2. The second kappa shape index (κ2) is 3.94. The first-order valence-corrected chi connectivity index (χ1v) is 4.56. The zero-order valence-corrected chi connectivity index (χ0v) is 8.39. The minimum Gasteiger partial charge on any atom is -0.0606 e. The lowest BCUT2D eigenvalue weighted by Crippen LogP contribution is -1.68. The second-order valence-electron chi connectivity index (χ2n) is 1.85. The smallest absolute Gasteiger partial charge is 0.0181 e. The summed E-state index contributed by atoms with van der Waals surface area (Å²) in [6.07, 6.45) is 1.99. The van der Waals surface area contributed by atoms with Crippen LogP contribution in [0.25, 0.3) is 6.08 Å². The summed E-state index contributed by atoms with van der Waals surface area (Å²) in [6.45, 7) is 0. The molecule has 0 aliphatic rings. The SMILES string of the molecule is BrC=Cc1cccc(Br)c1. The van der Waals surface area contributed by atoms with Gasteiger partial charge in [-0.3, -0.25) is 0 Å². The first-order chi connectivity index (χ1) is 4.83. The van der Waals surface area contributed by atoms with Crippen molar-refractivity contribution in [3.05, 3.63) is 39.3 Å². The highest BCUT2D eigenvalue weighted by atomic mass is 79.9. The van der Waals surface area contributed by atoms with Crippen LogP contribution in [-0.2, 0) is 0 Å². The maximum absolute atomic E-state index is 3.38. The van der Waals surface area contributed by atoms with Crippen molar-refractivity contribution < 1.29 is 0 Å². The molecular weight excluding hydrogens is 256 g/mol. The van der Waals surface area contributed by atoms with Crippen LogP contribution in [0.15, 0.2) is 33.7 Å². The lowest BCUT2D eigenvalue weighted by molar-refractivity contribution is 1.61. The van der Waals surface area contributed by atoms with Gasteiger partial charge in [0.2, 0.25) is 0 Å². The van der Waals surface area contributed by atoms with Crippen LogP contribution in [-0.4, -0.2) is 0 Å². The number of halogens is 2. The largest absolute Gasteiger partial charge is 0.0606 e. The summed E-state index contributed by atoms with van der Waals surface area (Å²) in [6, 6.07) is 8.11. The molecule has 0 bridgehead atoms. The van der Waals surface area contributed by atoms with Crippen molar-refractivity contribution >= 4 is 37.9 Å². The van der Waals surface area contributed by atoms with Gasteiger partial charge in [-0.25, -0.2) is 0 Å². The molecule has 1 rings (SSSR count). The van der Waals surface area contributed by atoms with Gasteiger partial charge in [-0.15, -0.1) is 0 Å². The third-order valence-electron chi connectivity index (χ3n) is 1.10. The molecule has 1 aromatic carbocycles. The lowest BCUT2D eigenvalue weighted by Gasteiger charge is -1.91. The van der Waals surface area contributed by atoms with Gasteiger partial charge in [-0.2, -0.15) is 0 Å². The van der Waals surface area contributed by atoms with E-state index in [0.717, 1.165) is 4.47 Å². The molecule has 0 atom stereocenters. The van der Waals surface area contributed by atoms with Crippen LogP contribution in [0.3, 0.4) is 0 Å². The van der Waals surface area contributed by atoms with Gasteiger partial charge >= 0.3 is 0 Å². The summed E-state index contributed by atoms with van der Waals surface area (Å²) in [5.74, 6) is 0. The summed E-state index contributed by atoms with van der Waals surface area (Å²) in [5.41, 5.74) is 1.19. The average Bonchev–Trinajstić information content (AvgIpc) is 1.88. The van der Waals surface area contributed by atoms with Crippen molar-refractivity contribution in [3.8, 4) is 0 Å². The van der Waals surface area contributed by atoms with E-state index in [1.807, 2.05) is 29.3 Å². The van der Waals surface area contributed by atoms with Crippen LogP contribution < -0.4 is 0 Å². The van der Waals surface area contributed by atoms with E-state index < -0.39 is 0 Å². The van der Waals surface area contributed by atoms with Gasteiger partial charge in [0.05, 0.1) is 0 Å². The summed E-state index contributed by atoms with van der Waals surface area (Å²) in [4.78, 5) is 1.84. The summed E-state index contributed by atoms with van der Waals surface area (Å²) < 4.78 is 1.11.